The molecule has 102 valence electrons. The first-order valence-corrected chi connectivity index (χ1v) is 6.65. The van der Waals surface area contributed by atoms with Crippen molar-refractivity contribution in [2.45, 2.75) is 6.42 Å². The molecule has 3 rings (SSSR count). The van der Waals surface area contributed by atoms with Crippen LogP contribution in [0.3, 0.4) is 0 Å². The van der Waals surface area contributed by atoms with Crippen molar-refractivity contribution in [1.82, 2.24) is 0 Å². The zero-order chi connectivity index (χ0) is 14.1. The van der Waals surface area contributed by atoms with E-state index >= 15 is 0 Å². The maximum absolute atomic E-state index is 13.7. The molecule has 0 aromatic heterocycles. The average molecular weight is 291 g/mol. The number of amides is 1. The third-order valence-corrected chi connectivity index (χ3v) is 3.58. The van der Waals surface area contributed by atoms with Crippen LogP contribution in [0.2, 0.25) is 5.02 Å². The monoisotopic (exact) mass is 290 g/mol. The number of nitrogens with one attached hydrogen (secondary N) is 2. The summed E-state index contributed by atoms with van der Waals surface area (Å²) in [4.78, 5) is 12.1. The number of hydrogen-bond donors (Lipinski definition) is 2. The van der Waals surface area contributed by atoms with E-state index in [0.717, 1.165) is 24.2 Å². The summed E-state index contributed by atoms with van der Waals surface area (Å²) in [6, 6.07) is 9.75. The Balaban J connectivity index is 1.86. The van der Waals surface area contributed by atoms with Gasteiger partial charge in [-0.25, -0.2) is 4.39 Å². The van der Waals surface area contributed by atoms with E-state index in [0.29, 0.717) is 5.69 Å². The number of hydrogen-bond acceptors (Lipinski definition) is 2. The first kappa shape index (κ1) is 12.9. The molecule has 3 nitrogen and oxygen atoms in total. The highest BCUT2D eigenvalue weighted by atomic mass is 35.5. The summed E-state index contributed by atoms with van der Waals surface area (Å²) in [7, 11) is 0. The van der Waals surface area contributed by atoms with Crippen molar-refractivity contribution in [3.63, 3.8) is 0 Å². The number of anilines is 2. The minimum atomic E-state index is -0.627. The maximum atomic E-state index is 13.7. The van der Waals surface area contributed by atoms with Crippen molar-refractivity contribution in [2.75, 3.05) is 17.2 Å². The predicted molar refractivity (Wildman–Crippen MR) is 78.0 cm³/mol. The second kappa shape index (κ2) is 5.13. The molecule has 0 atom stereocenters. The highest BCUT2D eigenvalue weighted by Gasteiger charge is 2.17. The smallest absolute Gasteiger partial charge is 0.260 e. The van der Waals surface area contributed by atoms with E-state index in [1.807, 2.05) is 12.1 Å². The molecule has 5 heteroatoms. The lowest BCUT2D eigenvalue weighted by molar-refractivity contribution is 0.102. The van der Waals surface area contributed by atoms with Gasteiger partial charge >= 0.3 is 0 Å². The number of fused-ring (bicyclic) bond motifs is 1. The van der Waals surface area contributed by atoms with Crippen LogP contribution in [0.15, 0.2) is 36.4 Å². The lowest BCUT2D eigenvalue weighted by Gasteiger charge is -2.09. The molecule has 2 N–H and O–H groups in total. The Kier molecular flexibility index (Phi) is 3.32. The van der Waals surface area contributed by atoms with E-state index in [-0.39, 0.29) is 10.6 Å². The molecule has 1 aliphatic rings. The summed E-state index contributed by atoms with van der Waals surface area (Å²) in [6.07, 6.45) is 0.916. The number of rotatable bonds is 2. The van der Waals surface area contributed by atoms with Crippen molar-refractivity contribution < 1.29 is 9.18 Å². The lowest BCUT2D eigenvalue weighted by atomic mass is 10.1. The predicted octanol–water partition coefficient (Wildman–Crippen LogP) is 3.70. The van der Waals surface area contributed by atoms with Gasteiger partial charge in [0.2, 0.25) is 0 Å². The highest BCUT2D eigenvalue weighted by Crippen LogP contribution is 2.26. The Morgan fingerprint density at radius 3 is 2.95 bits per heavy atom. The molecule has 0 spiro atoms. The molecule has 0 bridgehead atoms. The van der Waals surface area contributed by atoms with Crippen molar-refractivity contribution in [2.24, 2.45) is 0 Å². The third kappa shape index (κ3) is 2.34. The van der Waals surface area contributed by atoms with E-state index in [9.17, 15) is 9.18 Å². The Bertz CT molecular complexity index is 667. The zero-order valence-corrected chi connectivity index (χ0v) is 11.3. The second-order valence-electron chi connectivity index (χ2n) is 4.60. The van der Waals surface area contributed by atoms with Crippen LogP contribution in [0.25, 0.3) is 0 Å². The topological polar surface area (TPSA) is 41.1 Å². The van der Waals surface area contributed by atoms with Crippen LogP contribution in [-0.2, 0) is 6.42 Å². The minimum Gasteiger partial charge on any atom is -0.384 e. The van der Waals surface area contributed by atoms with E-state index in [1.54, 1.807) is 6.07 Å². The van der Waals surface area contributed by atoms with Gasteiger partial charge in [0.1, 0.15) is 5.82 Å². The molecule has 0 radical (unpaired) electrons. The molecule has 0 saturated carbocycles. The van der Waals surface area contributed by atoms with Crippen LogP contribution in [-0.4, -0.2) is 12.5 Å². The average Bonchev–Trinajstić information content (AvgIpc) is 2.85. The minimum absolute atomic E-state index is 0.102. The number of carbonyl (C=O) groups is 1. The molecule has 1 amide bonds. The van der Waals surface area contributed by atoms with Crippen molar-refractivity contribution in [3.05, 3.63) is 58.4 Å². The summed E-state index contributed by atoms with van der Waals surface area (Å²) in [5.41, 5.74) is 2.72. The van der Waals surface area contributed by atoms with Gasteiger partial charge in [-0.15, -0.1) is 0 Å². The Morgan fingerprint density at radius 1 is 1.30 bits per heavy atom. The largest absolute Gasteiger partial charge is 0.384 e. The Hall–Kier alpha value is -2.07. The van der Waals surface area contributed by atoms with Gasteiger partial charge in [-0.05, 0) is 42.3 Å². The third-order valence-electron chi connectivity index (χ3n) is 3.26. The Labute approximate surface area is 120 Å². The van der Waals surface area contributed by atoms with Gasteiger partial charge in [-0.1, -0.05) is 17.7 Å². The van der Waals surface area contributed by atoms with E-state index in [4.69, 9.17) is 11.6 Å². The van der Waals surface area contributed by atoms with Crippen molar-refractivity contribution in [1.29, 1.82) is 0 Å². The fraction of sp³-hybridized carbons (Fsp3) is 0.133. The van der Waals surface area contributed by atoms with Gasteiger partial charge in [0.25, 0.3) is 5.91 Å². The molecular formula is C15H12ClFN2O. The van der Waals surface area contributed by atoms with Gasteiger partial charge in [-0.2, -0.15) is 0 Å². The fourth-order valence-electron chi connectivity index (χ4n) is 2.29. The summed E-state index contributed by atoms with van der Waals surface area (Å²) >= 11 is 5.87. The normalized spacial score (nSPS) is 12.7. The Morgan fingerprint density at radius 2 is 2.15 bits per heavy atom. The lowest BCUT2D eigenvalue weighted by Crippen LogP contribution is -2.14. The van der Waals surface area contributed by atoms with Gasteiger partial charge in [0.05, 0.1) is 10.6 Å². The molecule has 0 unspecified atom stereocenters. The SMILES string of the molecule is O=C(Nc1ccc2c(c1)CCN2)c1c(F)cccc1Cl. The quantitative estimate of drug-likeness (QED) is 0.885. The molecule has 0 saturated heterocycles. The van der Waals surface area contributed by atoms with E-state index < -0.39 is 11.7 Å². The molecule has 1 heterocycles. The first-order chi connectivity index (χ1) is 9.65. The molecule has 2 aromatic carbocycles. The number of benzene rings is 2. The van der Waals surface area contributed by atoms with Crippen LogP contribution in [0.1, 0.15) is 15.9 Å². The van der Waals surface area contributed by atoms with E-state index in [1.165, 1.54) is 18.2 Å². The zero-order valence-electron chi connectivity index (χ0n) is 10.5. The van der Waals surface area contributed by atoms with Crippen LogP contribution < -0.4 is 10.6 Å². The standard InChI is InChI=1S/C15H12ClFN2O/c16-11-2-1-3-12(17)14(11)15(20)19-10-4-5-13-9(8-10)6-7-18-13/h1-5,8,18H,6-7H2,(H,19,20). The van der Waals surface area contributed by atoms with Gasteiger partial charge in [-0.3, -0.25) is 4.79 Å². The van der Waals surface area contributed by atoms with Crippen LogP contribution in [0.5, 0.6) is 0 Å². The second-order valence-corrected chi connectivity index (χ2v) is 5.01. The number of halogens is 2. The molecule has 20 heavy (non-hydrogen) atoms. The fourth-order valence-corrected chi connectivity index (χ4v) is 2.54. The van der Waals surface area contributed by atoms with Gasteiger partial charge in [0, 0.05) is 17.9 Å². The van der Waals surface area contributed by atoms with Crippen LogP contribution >= 0.6 is 11.6 Å². The van der Waals surface area contributed by atoms with E-state index in [2.05, 4.69) is 10.6 Å². The molecular weight excluding hydrogens is 279 g/mol. The van der Waals surface area contributed by atoms with Gasteiger partial charge < -0.3 is 10.6 Å². The van der Waals surface area contributed by atoms with Crippen molar-refractivity contribution in [3.8, 4) is 0 Å². The molecule has 0 aliphatic carbocycles. The van der Waals surface area contributed by atoms with Gasteiger partial charge in [0.15, 0.2) is 0 Å². The molecule has 2 aromatic rings. The molecule has 0 fully saturated rings. The summed E-state index contributed by atoms with van der Waals surface area (Å²) in [6.45, 7) is 0.895. The maximum Gasteiger partial charge on any atom is 0.260 e. The van der Waals surface area contributed by atoms with Crippen LogP contribution in [0, 0.1) is 5.82 Å². The summed E-state index contributed by atoms with van der Waals surface area (Å²) < 4.78 is 13.7. The summed E-state index contributed by atoms with van der Waals surface area (Å²) in [5, 5.41) is 6.02. The number of carbonyl (C=O) groups excluding carboxylic acids is 1. The van der Waals surface area contributed by atoms with Crippen molar-refractivity contribution >= 4 is 28.9 Å². The highest BCUT2D eigenvalue weighted by molar-refractivity contribution is 6.34. The molecule has 1 aliphatic heterocycles. The summed E-state index contributed by atoms with van der Waals surface area (Å²) in [5.74, 6) is -1.17. The van der Waals surface area contributed by atoms with Crippen LogP contribution in [0.4, 0.5) is 15.8 Å². The first-order valence-electron chi connectivity index (χ1n) is 6.27.